The first kappa shape index (κ1) is 16.7. The summed E-state index contributed by atoms with van der Waals surface area (Å²) in [6, 6.07) is 3.39. The second-order valence-corrected chi connectivity index (χ2v) is 6.19. The lowest BCUT2D eigenvalue weighted by molar-refractivity contribution is -0.0710. The molecule has 1 N–H and O–H groups in total. The number of morpholine rings is 1. The molecule has 0 bridgehead atoms. The van der Waals surface area contributed by atoms with Crippen molar-refractivity contribution >= 4 is 10.9 Å². The van der Waals surface area contributed by atoms with E-state index in [1.54, 1.807) is 26.4 Å². The van der Waals surface area contributed by atoms with Crippen LogP contribution in [0.1, 0.15) is 19.7 Å². The van der Waals surface area contributed by atoms with Gasteiger partial charge in [0.15, 0.2) is 11.5 Å². The maximum Gasteiger partial charge on any atom is 0.258 e. The van der Waals surface area contributed by atoms with Crippen LogP contribution < -0.4 is 15.0 Å². The van der Waals surface area contributed by atoms with E-state index >= 15 is 0 Å². The number of aromatic nitrogens is 2. The number of benzene rings is 1. The quantitative estimate of drug-likeness (QED) is 0.915. The molecular formula is C17H23N3O4. The van der Waals surface area contributed by atoms with Crippen LogP contribution in [0.4, 0.5) is 0 Å². The molecule has 1 aromatic heterocycles. The van der Waals surface area contributed by atoms with Crippen LogP contribution >= 0.6 is 0 Å². The van der Waals surface area contributed by atoms with E-state index in [1.807, 2.05) is 0 Å². The smallest absolute Gasteiger partial charge is 0.258 e. The van der Waals surface area contributed by atoms with Gasteiger partial charge in [-0.3, -0.25) is 9.69 Å². The van der Waals surface area contributed by atoms with Crippen LogP contribution in [0.25, 0.3) is 10.9 Å². The zero-order valence-corrected chi connectivity index (χ0v) is 14.5. The highest BCUT2D eigenvalue weighted by atomic mass is 16.5. The molecule has 1 aliphatic rings. The lowest BCUT2D eigenvalue weighted by Gasteiger charge is -2.34. The Morgan fingerprint density at radius 3 is 2.46 bits per heavy atom. The molecule has 7 nitrogen and oxygen atoms in total. The number of fused-ring (bicyclic) bond motifs is 1. The predicted octanol–water partition coefficient (Wildman–Crippen LogP) is 1.55. The summed E-state index contributed by atoms with van der Waals surface area (Å²) >= 11 is 0. The van der Waals surface area contributed by atoms with Crippen LogP contribution in [0.5, 0.6) is 11.5 Å². The molecule has 2 heterocycles. The maximum atomic E-state index is 12.4. The van der Waals surface area contributed by atoms with Crippen LogP contribution in [0.2, 0.25) is 0 Å². The summed E-state index contributed by atoms with van der Waals surface area (Å²) in [5.41, 5.74) is 0.422. The fourth-order valence-corrected chi connectivity index (χ4v) is 3.21. The Morgan fingerprint density at radius 1 is 1.21 bits per heavy atom. The molecule has 0 amide bonds. The van der Waals surface area contributed by atoms with Crippen molar-refractivity contribution in [2.24, 2.45) is 0 Å². The van der Waals surface area contributed by atoms with Crippen molar-refractivity contribution in [3.63, 3.8) is 0 Å². The number of ether oxygens (including phenoxy) is 3. The Balaban J connectivity index is 1.93. The molecule has 1 aromatic carbocycles. The molecule has 24 heavy (non-hydrogen) atoms. The Hall–Kier alpha value is -2.12. The molecule has 1 saturated heterocycles. The summed E-state index contributed by atoms with van der Waals surface area (Å²) in [5.74, 6) is 1.71. The van der Waals surface area contributed by atoms with Gasteiger partial charge in [-0.15, -0.1) is 0 Å². The Kier molecular flexibility index (Phi) is 4.73. The molecule has 0 aliphatic carbocycles. The van der Waals surface area contributed by atoms with Crippen LogP contribution in [0, 0.1) is 0 Å². The number of rotatable bonds is 4. The van der Waals surface area contributed by atoms with E-state index in [1.165, 1.54) is 0 Å². The Morgan fingerprint density at radius 2 is 1.83 bits per heavy atom. The van der Waals surface area contributed by atoms with E-state index in [9.17, 15) is 4.79 Å². The minimum Gasteiger partial charge on any atom is -0.493 e. The van der Waals surface area contributed by atoms with Crippen molar-refractivity contribution in [2.45, 2.75) is 32.6 Å². The fourth-order valence-electron chi connectivity index (χ4n) is 3.21. The summed E-state index contributed by atoms with van der Waals surface area (Å²) in [6.45, 7) is 6.32. The molecule has 0 spiro atoms. The van der Waals surface area contributed by atoms with E-state index in [4.69, 9.17) is 14.2 Å². The van der Waals surface area contributed by atoms with Gasteiger partial charge < -0.3 is 19.2 Å². The van der Waals surface area contributed by atoms with Crippen molar-refractivity contribution in [3.8, 4) is 11.5 Å². The topological polar surface area (TPSA) is 76.7 Å². The third kappa shape index (κ3) is 3.37. The molecule has 3 rings (SSSR count). The van der Waals surface area contributed by atoms with Gasteiger partial charge in [-0.25, -0.2) is 4.98 Å². The van der Waals surface area contributed by atoms with Crippen LogP contribution in [0.15, 0.2) is 16.9 Å². The third-order valence-electron chi connectivity index (χ3n) is 4.13. The van der Waals surface area contributed by atoms with Gasteiger partial charge in [0.2, 0.25) is 0 Å². The second-order valence-electron chi connectivity index (χ2n) is 6.19. The summed E-state index contributed by atoms with van der Waals surface area (Å²) in [6.07, 6.45) is 0.343. The normalized spacial score (nSPS) is 21.8. The highest BCUT2D eigenvalue weighted by molar-refractivity contribution is 5.81. The number of aromatic amines is 1. The fraction of sp³-hybridized carbons (Fsp3) is 0.529. The van der Waals surface area contributed by atoms with E-state index in [0.29, 0.717) is 34.8 Å². The molecule has 1 aliphatic heterocycles. The molecular weight excluding hydrogens is 310 g/mol. The van der Waals surface area contributed by atoms with Gasteiger partial charge in [-0.1, -0.05) is 0 Å². The molecule has 2 atom stereocenters. The highest BCUT2D eigenvalue weighted by Crippen LogP contribution is 2.30. The lowest BCUT2D eigenvalue weighted by atomic mass is 10.2. The molecule has 0 saturated carbocycles. The van der Waals surface area contributed by atoms with E-state index in [-0.39, 0.29) is 17.8 Å². The average Bonchev–Trinajstić information content (AvgIpc) is 2.52. The molecule has 130 valence electrons. The van der Waals surface area contributed by atoms with Crippen LogP contribution in [-0.2, 0) is 11.3 Å². The number of nitrogens with one attached hydrogen (secondary N) is 1. The van der Waals surface area contributed by atoms with Crippen molar-refractivity contribution in [1.82, 2.24) is 14.9 Å². The van der Waals surface area contributed by atoms with Gasteiger partial charge in [-0.05, 0) is 19.9 Å². The largest absolute Gasteiger partial charge is 0.493 e. The van der Waals surface area contributed by atoms with Gasteiger partial charge in [0, 0.05) is 19.2 Å². The Labute approximate surface area is 140 Å². The van der Waals surface area contributed by atoms with E-state index < -0.39 is 0 Å². The van der Waals surface area contributed by atoms with E-state index in [0.717, 1.165) is 13.1 Å². The standard InChI is InChI=1S/C17H23N3O4/c1-10-7-20(8-11(2)24-10)9-16-18-13-6-15(23-4)14(22-3)5-12(13)17(21)19-16/h5-6,10-11H,7-9H2,1-4H3,(H,18,19,21)/t10-,11-/m0/s1. The summed E-state index contributed by atoms with van der Waals surface area (Å²) in [7, 11) is 3.11. The summed E-state index contributed by atoms with van der Waals surface area (Å²) in [4.78, 5) is 22.1. The monoisotopic (exact) mass is 333 g/mol. The molecule has 7 heteroatoms. The first-order valence-electron chi connectivity index (χ1n) is 8.03. The summed E-state index contributed by atoms with van der Waals surface area (Å²) < 4.78 is 16.3. The highest BCUT2D eigenvalue weighted by Gasteiger charge is 2.23. The number of H-pyrrole nitrogens is 1. The second kappa shape index (κ2) is 6.78. The van der Waals surface area contributed by atoms with Crippen molar-refractivity contribution in [2.75, 3.05) is 27.3 Å². The van der Waals surface area contributed by atoms with Gasteiger partial charge in [-0.2, -0.15) is 0 Å². The molecule has 0 radical (unpaired) electrons. The van der Waals surface area contributed by atoms with Gasteiger partial charge in [0.1, 0.15) is 5.82 Å². The maximum absolute atomic E-state index is 12.4. The van der Waals surface area contributed by atoms with Crippen molar-refractivity contribution in [3.05, 3.63) is 28.3 Å². The molecule has 0 unspecified atom stereocenters. The Bertz CT molecular complexity index is 779. The molecule has 2 aromatic rings. The van der Waals surface area contributed by atoms with Gasteiger partial charge >= 0.3 is 0 Å². The number of methoxy groups -OCH3 is 2. The zero-order valence-electron chi connectivity index (χ0n) is 14.5. The lowest BCUT2D eigenvalue weighted by Crippen LogP contribution is -2.45. The minimum atomic E-state index is -0.176. The third-order valence-corrected chi connectivity index (χ3v) is 4.13. The van der Waals surface area contributed by atoms with Crippen molar-refractivity contribution < 1.29 is 14.2 Å². The predicted molar refractivity (Wildman–Crippen MR) is 90.8 cm³/mol. The number of hydrogen-bond donors (Lipinski definition) is 1. The van der Waals surface area contributed by atoms with Crippen molar-refractivity contribution in [1.29, 1.82) is 0 Å². The van der Waals surface area contributed by atoms with Gasteiger partial charge in [0.05, 0.1) is 43.9 Å². The molecule has 1 fully saturated rings. The number of nitrogens with zero attached hydrogens (tertiary/aromatic N) is 2. The average molecular weight is 333 g/mol. The van der Waals surface area contributed by atoms with E-state index in [2.05, 4.69) is 28.7 Å². The SMILES string of the molecule is COc1cc2nc(CN3C[C@H](C)O[C@@H](C)C3)[nH]c(=O)c2cc1OC. The minimum absolute atomic E-state index is 0.172. The first-order valence-corrected chi connectivity index (χ1v) is 8.03. The van der Waals surface area contributed by atoms with Crippen LogP contribution in [0.3, 0.4) is 0 Å². The van der Waals surface area contributed by atoms with Gasteiger partial charge in [0.25, 0.3) is 5.56 Å². The van der Waals surface area contributed by atoms with Crippen LogP contribution in [-0.4, -0.2) is 54.4 Å². The summed E-state index contributed by atoms with van der Waals surface area (Å²) in [5, 5.41) is 0.486. The first-order chi connectivity index (χ1) is 11.5. The zero-order chi connectivity index (χ0) is 17.3. The number of hydrogen-bond acceptors (Lipinski definition) is 6.